The molecule has 1 unspecified atom stereocenters. The molecule has 134 valence electrons. The number of hydrogen-bond acceptors (Lipinski definition) is 3. The first-order chi connectivity index (χ1) is 11.9. The van der Waals surface area contributed by atoms with Gasteiger partial charge in [-0.1, -0.05) is 26.0 Å². The zero-order valence-corrected chi connectivity index (χ0v) is 15.5. The molecule has 5 aliphatic rings. The first-order valence-electron chi connectivity index (χ1n) is 9.97. The standard InChI is InChI=1S/C22H28O3/c1-12(23)25-20-7-6-16-14-5-4-13-10-19(24)15-11-18(15)22(13,3)17(14)8-9-21(16,20)2/h4-5,10,14-18,20H,6-9,11H2,1-3H3/t14-,15-,16-,17-,18?,20-,21-,22-/m0/s1. The SMILES string of the molecule is CC(=O)O[C@H]1CC[C@H]2[C@@H]3C=CC4=CC(=O)[C@H]5CC5[C@]4(C)[C@H]3CC[C@]12C. The molecule has 25 heavy (non-hydrogen) atoms. The number of esters is 1. The van der Waals surface area contributed by atoms with Gasteiger partial charge in [0.05, 0.1) is 0 Å². The third-order valence-corrected chi connectivity index (χ3v) is 8.67. The minimum absolute atomic E-state index is 0.0794. The van der Waals surface area contributed by atoms with Gasteiger partial charge in [0.15, 0.2) is 5.78 Å². The fourth-order valence-corrected chi connectivity index (χ4v) is 7.24. The summed E-state index contributed by atoms with van der Waals surface area (Å²) in [5.41, 5.74) is 1.58. The Morgan fingerprint density at radius 3 is 2.72 bits per heavy atom. The Bertz CT molecular complexity index is 719. The van der Waals surface area contributed by atoms with E-state index in [0.29, 0.717) is 35.4 Å². The van der Waals surface area contributed by atoms with Crippen LogP contribution in [0, 0.1) is 40.4 Å². The van der Waals surface area contributed by atoms with Crippen LogP contribution in [-0.2, 0) is 14.3 Å². The molecule has 3 heteroatoms. The van der Waals surface area contributed by atoms with Crippen LogP contribution >= 0.6 is 0 Å². The maximum Gasteiger partial charge on any atom is 0.302 e. The summed E-state index contributed by atoms with van der Waals surface area (Å²) in [7, 11) is 0. The predicted octanol–water partition coefficient (Wildman–Crippen LogP) is 4.08. The topological polar surface area (TPSA) is 43.4 Å². The molecule has 8 atom stereocenters. The van der Waals surface area contributed by atoms with E-state index in [4.69, 9.17) is 4.74 Å². The highest BCUT2D eigenvalue weighted by Crippen LogP contribution is 2.69. The van der Waals surface area contributed by atoms with Crippen molar-refractivity contribution in [3.63, 3.8) is 0 Å². The van der Waals surface area contributed by atoms with Crippen LogP contribution in [0.25, 0.3) is 0 Å². The predicted molar refractivity (Wildman–Crippen MR) is 94.5 cm³/mol. The van der Waals surface area contributed by atoms with Crippen molar-refractivity contribution >= 4 is 11.8 Å². The van der Waals surface area contributed by atoms with E-state index < -0.39 is 0 Å². The molecular weight excluding hydrogens is 312 g/mol. The Kier molecular flexibility index (Phi) is 3.08. The molecular formula is C22H28O3. The Labute approximate surface area is 149 Å². The van der Waals surface area contributed by atoms with E-state index in [1.807, 2.05) is 6.08 Å². The normalized spacial score (nSPS) is 52.4. The molecule has 0 saturated heterocycles. The van der Waals surface area contributed by atoms with Crippen LogP contribution < -0.4 is 0 Å². The van der Waals surface area contributed by atoms with Gasteiger partial charge in [-0.15, -0.1) is 0 Å². The highest BCUT2D eigenvalue weighted by molar-refractivity contribution is 5.97. The van der Waals surface area contributed by atoms with Crippen molar-refractivity contribution in [2.45, 2.75) is 59.0 Å². The fourth-order valence-electron chi connectivity index (χ4n) is 7.24. The molecule has 0 aromatic heterocycles. The zero-order valence-electron chi connectivity index (χ0n) is 15.5. The van der Waals surface area contributed by atoms with Crippen molar-refractivity contribution in [1.29, 1.82) is 0 Å². The molecule has 3 nitrogen and oxygen atoms in total. The first kappa shape index (κ1) is 15.8. The van der Waals surface area contributed by atoms with E-state index >= 15 is 0 Å². The van der Waals surface area contributed by atoms with E-state index in [2.05, 4.69) is 26.0 Å². The first-order valence-corrected chi connectivity index (χ1v) is 9.97. The minimum atomic E-state index is -0.142. The van der Waals surface area contributed by atoms with Crippen LogP contribution in [-0.4, -0.2) is 17.9 Å². The monoisotopic (exact) mass is 340 g/mol. The largest absolute Gasteiger partial charge is 0.462 e. The number of carbonyl (C=O) groups excluding carboxylic acids is 2. The summed E-state index contributed by atoms with van der Waals surface area (Å²) >= 11 is 0. The van der Waals surface area contributed by atoms with Crippen molar-refractivity contribution < 1.29 is 14.3 Å². The van der Waals surface area contributed by atoms with Crippen molar-refractivity contribution in [3.05, 3.63) is 23.8 Å². The second-order valence-electron chi connectivity index (χ2n) is 9.60. The lowest BCUT2D eigenvalue weighted by Crippen LogP contribution is -2.51. The summed E-state index contributed by atoms with van der Waals surface area (Å²) in [6.07, 6.45) is 12.3. The average molecular weight is 340 g/mol. The Balaban J connectivity index is 1.51. The maximum atomic E-state index is 12.2. The van der Waals surface area contributed by atoms with E-state index in [-0.39, 0.29) is 22.9 Å². The number of hydrogen-bond donors (Lipinski definition) is 0. The number of fused-ring (bicyclic) bond motifs is 7. The quantitative estimate of drug-likeness (QED) is 0.676. The molecule has 0 radical (unpaired) electrons. The van der Waals surface area contributed by atoms with Gasteiger partial charge in [0.1, 0.15) is 6.10 Å². The summed E-state index contributed by atoms with van der Waals surface area (Å²) < 4.78 is 5.72. The Morgan fingerprint density at radius 2 is 1.96 bits per heavy atom. The van der Waals surface area contributed by atoms with Gasteiger partial charge in [-0.2, -0.15) is 0 Å². The molecule has 0 amide bonds. The van der Waals surface area contributed by atoms with Crippen LogP contribution in [0.3, 0.4) is 0 Å². The van der Waals surface area contributed by atoms with Gasteiger partial charge in [-0.05, 0) is 72.8 Å². The lowest BCUT2D eigenvalue weighted by molar-refractivity contribution is -0.155. The van der Waals surface area contributed by atoms with Crippen molar-refractivity contribution in [3.8, 4) is 0 Å². The zero-order chi connectivity index (χ0) is 17.6. The molecule has 0 aliphatic heterocycles. The summed E-state index contributed by atoms with van der Waals surface area (Å²) in [6, 6.07) is 0. The molecule has 0 heterocycles. The van der Waals surface area contributed by atoms with Gasteiger partial charge < -0.3 is 4.74 Å². The summed E-state index contributed by atoms with van der Waals surface area (Å²) in [6.45, 7) is 6.31. The highest BCUT2D eigenvalue weighted by atomic mass is 16.5. The van der Waals surface area contributed by atoms with Crippen molar-refractivity contribution in [2.75, 3.05) is 0 Å². The lowest BCUT2D eigenvalue weighted by Gasteiger charge is -2.55. The second-order valence-corrected chi connectivity index (χ2v) is 9.60. The summed E-state index contributed by atoms with van der Waals surface area (Å²) in [5.74, 6) is 2.88. The Morgan fingerprint density at radius 1 is 1.16 bits per heavy atom. The maximum absolute atomic E-state index is 12.2. The van der Waals surface area contributed by atoms with E-state index in [9.17, 15) is 9.59 Å². The van der Waals surface area contributed by atoms with Crippen LogP contribution in [0.15, 0.2) is 23.8 Å². The number of ketones is 1. The third-order valence-electron chi connectivity index (χ3n) is 8.67. The molecule has 3 fully saturated rings. The van der Waals surface area contributed by atoms with Crippen LogP contribution in [0.4, 0.5) is 0 Å². The highest BCUT2D eigenvalue weighted by Gasteiger charge is 2.65. The van der Waals surface area contributed by atoms with Gasteiger partial charge in [0, 0.05) is 18.3 Å². The van der Waals surface area contributed by atoms with Gasteiger partial charge in [0.25, 0.3) is 0 Å². The van der Waals surface area contributed by atoms with Gasteiger partial charge in [-0.3, -0.25) is 9.59 Å². The number of carbonyl (C=O) groups is 2. The van der Waals surface area contributed by atoms with Crippen LogP contribution in [0.1, 0.15) is 52.9 Å². The smallest absolute Gasteiger partial charge is 0.302 e. The van der Waals surface area contributed by atoms with E-state index in [0.717, 1.165) is 25.7 Å². The molecule has 0 N–H and O–H groups in total. The molecule has 0 aromatic rings. The third kappa shape index (κ3) is 1.93. The van der Waals surface area contributed by atoms with E-state index in [1.54, 1.807) is 0 Å². The number of ether oxygens (including phenoxy) is 1. The molecule has 0 spiro atoms. The Hall–Kier alpha value is -1.38. The van der Waals surface area contributed by atoms with Gasteiger partial charge in [0.2, 0.25) is 0 Å². The van der Waals surface area contributed by atoms with Crippen molar-refractivity contribution in [2.24, 2.45) is 40.4 Å². The number of rotatable bonds is 1. The molecule has 5 rings (SSSR count). The van der Waals surface area contributed by atoms with Crippen LogP contribution in [0.2, 0.25) is 0 Å². The molecule has 0 bridgehead atoms. The molecule has 5 aliphatic carbocycles. The van der Waals surface area contributed by atoms with Crippen LogP contribution in [0.5, 0.6) is 0 Å². The second kappa shape index (κ2) is 4.86. The van der Waals surface area contributed by atoms with Gasteiger partial charge >= 0.3 is 5.97 Å². The van der Waals surface area contributed by atoms with Crippen molar-refractivity contribution in [1.82, 2.24) is 0 Å². The van der Waals surface area contributed by atoms with Gasteiger partial charge in [-0.25, -0.2) is 0 Å². The fraction of sp³-hybridized carbons (Fsp3) is 0.727. The minimum Gasteiger partial charge on any atom is -0.462 e. The average Bonchev–Trinajstić information content (AvgIpc) is 3.30. The summed E-state index contributed by atoms with van der Waals surface area (Å²) in [4.78, 5) is 23.8. The number of allylic oxidation sites excluding steroid dienone is 4. The van der Waals surface area contributed by atoms with E-state index in [1.165, 1.54) is 18.9 Å². The molecule has 3 saturated carbocycles. The summed E-state index contributed by atoms with van der Waals surface area (Å²) in [5, 5.41) is 0. The molecule has 0 aromatic carbocycles. The lowest BCUT2D eigenvalue weighted by atomic mass is 9.49.